The topological polar surface area (TPSA) is 38.8 Å². The summed E-state index contributed by atoms with van der Waals surface area (Å²) in [6, 6.07) is 5.91. The minimum absolute atomic E-state index is 0.115. The number of carbonyl (C=O) groups excluding carboxylic acids is 1. The fourth-order valence-corrected chi connectivity index (χ4v) is 1.23. The molecule has 1 aromatic carbocycles. The normalized spacial score (nSPS) is 10.1. The molecule has 4 nitrogen and oxygen atoms in total. The van der Waals surface area contributed by atoms with E-state index in [0.29, 0.717) is 25.2 Å². The van der Waals surface area contributed by atoms with Gasteiger partial charge in [-0.15, -0.1) is 0 Å². The molecule has 1 rings (SSSR count). The lowest BCUT2D eigenvalue weighted by molar-refractivity contribution is -0.168. The summed E-state index contributed by atoms with van der Waals surface area (Å²) in [7, 11) is 2.98. The van der Waals surface area contributed by atoms with Crippen LogP contribution in [0, 0.1) is 5.82 Å². The molecule has 94 valence electrons. The third-order valence-electron chi connectivity index (χ3n) is 2.22. The average Bonchev–Trinajstić information content (AvgIpc) is 2.33. The highest BCUT2D eigenvalue weighted by Crippen LogP contribution is 2.12. The lowest BCUT2D eigenvalue weighted by Gasteiger charge is -2.13. The molecule has 5 heteroatoms. The number of hydrogen-bond donors (Lipinski definition) is 0. The number of amides is 1. The first-order chi connectivity index (χ1) is 8.13. The molecule has 0 unspecified atom stereocenters. The number of ether oxygens (including phenoxy) is 1. The Kier molecular flexibility index (Phi) is 5.42. The summed E-state index contributed by atoms with van der Waals surface area (Å²) in [5, 5.41) is 1.17. The predicted molar refractivity (Wildman–Crippen MR) is 60.9 cm³/mol. The maximum atomic E-state index is 12.8. The molecule has 0 N–H and O–H groups in total. The summed E-state index contributed by atoms with van der Waals surface area (Å²) >= 11 is 0. The number of benzene rings is 1. The number of carbonyl (C=O) groups is 1. The fraction of sp³-hybridized carbons (Fsp3) is 0.417. The van der Waals surface area contributed by atoms with Gasteiger partial charge in [-0.05, 0) is 18.6 Å². The molecule has 0 radical (unpaired) electrons. The van der Waals surface area contributed by atoms with Crippen LogP contribution >= 0.6 is 0 Å². The third-order valence-corrected chi connectivity index (χ3v) is 2.22. The molecule has 1 amide bonds. The summed E-state index contributed by atoms with van der Waals surface area (Å²) in [4.78, 5) is 16.1. The monoisotopic (exact) mass is 241 g/mol. The minimum atomic E-state index is -0.335. The Balaban J connectivity index is 2.22. The van der Waals surface area contributed by atoms with Gasteiger partial charge in [0.1, 0.15) is 11.6 Å². The van der Waals surface area contributed by atoms with Crippen LogP contribution in [-0.4, -0.2) is 31.7 Å². The van der Waals surface area contributed by atoms with Crippen molar-refractivity contribution in [2.75, 3.05) is 20.8 Å². The van der Waals surface area contributed by atoms with Crippen LogP contribution in [0.5, 0.6) is 5.75 Å². The van der Waals surface area contributed by atoms with Gasteiger partial charge >= 0.3 is 0 Å². The SMILES string of the molecule is CON(C)C(=O)CCCOc1cccc(F)c1. The van der Waals surface area contributed by atoms with E-state index in [2.05, 4.69) is 0 Å². The van der Waals surface area contributed by atoms with Crippen molar-refractivity contribution in [1.82, 2.24) is 5.06 Å². The number of rotatable bonds is 6. The first kappa shape index (κ1) is 13.4. The van der Waals surface area contributed by atoms with Gasteiger partial charge in [0.25, 0.3) is 0 Å². The van der Waals surface area contributed by atoms with Crippen LogP contribution in [0.3, 0.4) is 0 Å². The maximum Gasteiger partial charge on any atom is 0.245 e. The Labute approximate surface area is 99.9 Å². The molecule has 0 heterocycles. The molecule has 0 aliphatic carbocycles. The molecule has 1 aromatic rings. The zero-order chi connectivity index (χ0) is 12.7. The van der Waals surface area contributed by atoms with Crippen molar-refractivity contribution in [3.8, 4) is 5.75 Å². The Bertz CT molecular complexity index is 371. The number of hydroxylamine groups is 2. The van der Waals surface area contributed by atoms with E-state index in [0.717, 1.165) is 0 Å². The first-order valence-electron chi connectivity index (χ1n) is 5.32. The van der Waals surface area contributed by atoms with E-state index >= 15 is 0 Å². The standard InChI is InChI=1S/C12H16FNO3/c1-14(16-2)12(15)7-4-8-17-11-6-3-5-10(13)9-11/h3,5-6,9H,4,7-8H2,1-2H3. The highest BCUT2D eigenvalue weighted by molar-refractivity contribution is 5.74. The summed E-state index contributed by atoms with van der Waals surface area (Å²) in [5.74, 6) is 0.0191. The van der Waals surface area contributed by atoms with Gasteiger partial charge in [0.15, 0.2) is 0 Å². The Morgan fingerprint density at radius 2 is 2.24 bits per heavy atom. The highest BCUT2D eigenvalue weighted by atomic mass is 19.1. The fourth-order valence-electron chi connectivity index (χ4n) is 1.23. The molecular weight excluding hydrogens is 225 g/mol. The molecule has 0 fully saturated rings. The van der Waals surface area contributed by atoms with E-state index in [-0.39, 0.29) is 11.7 Å². The van der Waals surface area contributed by atoms with Crippen molar-refractivity contribution in [3.63, 3.8) is 0 Å². The van der Waals surface area contributed by atoms with E-state index in [4.69, 9.17) is 9.57 Å². The van der Waals surface area contributed by atoms with E-state index in [9.17, 15) is 9.18 Å². The van der Waals surface area contributed by atoms with Gasteiger partial charge in [-0.2, -0.15) is 0 Å². The van der Waals surface area contributed by atoms with Crippen LogP contribution in [-0.2, 0) is 9.63 Å². The Morgan fingerprint density at radius 3 is 2.88 bits per heavy atom. The molecular formula is C12H16FNO3. The Hall–Kier alpha value is -1.62. The van der Waals surface area contributed by atoms with E-state index < -0.39 is 0 Å². The number of hydrogen-bond acceptors (Lipinski definition) is 3. The Morgan fingerprint density at radius 1 is 1.47 bits per heavy atom. The third kappa shape index (κ3) is 4.82. The molecule has 0 aliphatic rings. The van der Waals surface area contributed by atoms with Crippen LogP contribution in [0.2, 0.25) is 0 Å². The maximum absolute atomic E-state index is 12.8. The van der Waals surface area contributed by atoms with Gasteiger partial charge < -0.3 is 4.74 Å². The number of nitrogens with zero attached hydrogens (tertiary/aromatic N) is 1. The molecule has 0 saturated carbocycles. The van der Waals surface area contributed by atoms with Crippen molar-refractivity contribution in [2.45, 2.75) is 12.8 Å². The zero-order valence-corrected chi connectivity index (χ0v) is 9.98. The molecule has 0 aliphatic heterocycles. The first-order valence-corrected chi connectivity index (χ1v) is 5.32. The average molecular weight is 241 g/mol. The predicted octanol–water partition coefficient (Wildman–Crippen LogP) is 2.00. The van der Waals surface area contributed by atoms with Crippen LogP contribution < -0.4 is 4.74 Å². The molecule has 0 aromatic heterocycles. The van der Waals surface area contributed by atoms with Gasteiger partial charge in [-0.1, -0.05) is 6.07 Å². The van der Waals surface area contributed by atoms with Crippen molar-refractivity contribution in [2.24, 2.45) is 0 Å². The minimum Gasteiger partial charge on any atom is -0.493 e. The van der Waals surface area contributed by atoms with Crippen molar-refractivity contribution in [3.05, 3.63) is 30.1 Å². The van der Waals surface area contributed by atoms with Crippen LogP contribution in [0.1, 0.15) is 12.8 Å². The zero-order valence-electron chi connectivity index (χ0n) is 9.98. The second-order valence-corrected chi connectivity index (χ2v) is 3.48. The second kappa shape index (κ2) is 6.85. The molecule has 0 atom stereocenters. The molecule has 0 saturated heterocycles. The van der Waals surface area contributed by atoms with Crippen LogP contribution in [0.15, 0.2) is 24.3 Å². The summed E-state index contributed by atoms with van der Waals surface area (Å²) in [6.45, 7) is 0.368. The van der Waals surface area contributed by atoms with Crippen molar-refractivity contribution >= 4 is 5.91 Å². The second-order valence-electron chi connectivity index (χ2n) is 3.48. The van der Waals surface area contributed by atoms with Gasteiger partial charge in [0.05, 0.1) is 13.7 Å². The van der Waals surface area contributed by atoms with Gasteiger partial charge in [-0.25, -0.2) is 9.45 Å². The number of halogens is 1. The highest BCUT2D eigenvalue weighted by Gasteiger charge is 2.07. The van der Waals surface area contributed by atoms with Crippen molar-refractivity contribution < 1.29 is 18.8 Å². The van der Waals surface area contributed by atoms with Crippen LogP contribution in [0.25, 0.3) is 0 Å². The molecule has 17 heavy (non-hydrogen) atoms. The largest absolute Gasteiger partial charge is 0.493 e. The summed E-state index contributed by atoms with van der Waals surface area (Å²) in [6.07, 6.45) is 0.892. The van der Waals surface area contributed by atoms with Gasteiger partial charge in [0.2, 0.25) is 5.91 Å². The van der Waals surface area contributed by atoms with E-state index in [1.165, 1.54) is 24.3 Å². The van der Waals surface area contributed by atoms with Gasteiger partial charge in [0, 0.05) is 19.5 Å². The lowest BCUT2D eigenvalue weighted by atomic mass is 10.3. The molecule has 0 spiro atoms. The lowest BCUT2D eigenvalue weighted by Crippen LogP contribution is -2.25. The van der Waals surface area contributed by atoms with Crippen molar-refractivity contribution in [1.29, 1.82) is 0 Å². The summed E-state index contributed by atoms with van der Waals surface area (Å²) in [5.41, 5.74) is 0. The van der Waals surface area contributed by atoms with Gasteiger partial charge in [-0.3, -0.25) is 9.63 Å². The smallest absolute Gasteiger partial charge is 0.245 e. The molecule has 0 bridgehead atoms. The van der Waals surface area contributed by atoms with E-state index in [1.807, 2.05) is 0 Å². The van der Waals surface area contributed by atoms with E-state index in [1.54, 1.807) is 19.2 Å². The quantitative estimate of drug-likeness (QED) is 0.565. The van der Waals surface area contributed by atoms with Crippen LogP contribution in [0.4, 0.5) is 4.39 Å². The summed E-state index contributed by atoms with van der Waals surface area (Å²) < 4.78 is 18.1.